The van der Waals surface area contributed by atoms with Crippen molar-refractivity contribution in [3.63, 3.8) is 0 Å². The van der Waals surface area contributed by atoms with Gasteiger partial charge in [-0.25, -0.2) is 0 Å². The van der Waals surface area contributed by atoms with Crippen LogP contribution in [0.25, 0.3) is 0 Å². The lowest BCUT2D eigenvalue weighted by Gasteiger charge is -2.35. The summed E-state index contributed by atoms with van der Waals surface area (Å²) in [7, 11) is 0. The van der Waals surface area contributed by atoms with Crippen LogP contribution < -0.4 is 5.73 Å². The van der Waals surface area contributed by atoms with Crippen molar-refractivity contribution >= 4 is 17.7 Å². The lowest BCUT2D eigenvalue weighted by Crippen LogP contribution is -2.52. The number of hydrogen-bond acceptors (Lipinski definition) is 4. The Morgan fingerprint density at radius 3 is 2.94 bits per heavy atom. The highest BCUT2D eigenvalue weighted by molar-refractivity contribution is 8.00. The normalized spacial score (nSPS) is 32.3. The first kappa shape index (κ1) is 13.8. The Labute approximate surface area is 101 Å². The third-order valence-corrected chi connectivity index (χ3v) is 4.61. The van der Waals surface area contributed by atoms with E-state index in [1.165, 1.54) is 0 Å². The highest BCUT2D eigenvalue weighted by Crippen LogP contribution is 2.36. The number of carboxylic acids is 1. The molecule has 0 saturated heterocycles. The van der Waals surface area contributed by atoms with E-state index in [1.807, 2.05) is 0 Å². The average molecular weight is 247 g/mol. The van der Waals surface area contributed by atoms with Gasteiger partial charge >= 0.3 is 5.97 Å². The second-order valence-electron chi connectivity index (χ2n) is 4.64. The number of hydrogen-bond donors (Lipinski definition) is 3. The quantitative estimate of drug-likeness (QED) is 0.680. The Hall–Kier alpha value is -0.260. The van der Waals surface area contributed by atoms with E-state index in [0.29, 0.717) is 23.3 Å². The molecule has 4 nitrogen and oxygen atoms in total. The van der Waals surface area contributed by atoms with E-state index < -0.39 is 11.5 Å². The van der Waals surface area contributed by atoms with Crippen LogP contribution >= 0.6 is 11.8 Å². The second-order valence-corrected chi connectivity index (χ2v) is 6.38. The predicted molar refractivity (Wildman–Crippen MR) is 65.6 cm³/mol. The zero-order chi connectivity index (χ0) is 12.2. The van der Waals surface area contributed by atoms with Gasteiger partial charge in [0, 0.05) is 17.1 Å². The summed E-state index contributed by atoms with van der Waals surface area (Å²) >= 11 is 1.76. The fourth-order valence-electron chi connectivity index (χ4n) is 2.14. The average Bonchev–Trinajstić information content (AvgIpc) is 2.17. The van der Waals surface area contributed by atoms with Gasteiger partial charge in [0.25, 0.3) is 0 Å². The molecule has 0 heterocycles. The molecule has 0 radical (unpaired) electrons. The summed E-state index contributed by atoms with van der Waals surface area (Å²) in [5.74, 6) is -0.882. The van der Waals surface area contributed by atoms with Crippen LogP contribution in [0.2, 0.25) is 0 Å². The van der Waals surface area contributed by atoms with Crippen LogP contribution in [-0.4, -0.2) is 38.8 Å². The molecule has 1 aliphatic carbocycles. The third-order valence-electron chi connectivity index (χ3n) is 3.13. The van der Waals surface area contributed by atoms with Crippen molar-refractivity contribution in [2.24, 2.45) is 5.73 Å². The monoisotopic (exact) mass is 247 g/mol. The predicted octanol–water partition coefficient (Wildman–Crippen LogP) is 1.22. The van der Waals surface area contributed by atoms with Crippen molar-refractivity contribution in [1.82, 2.24) is 0 Å². The van der Waals surface area contributed by atoms with Gasteiger partial charge in [-0.1, -0.05) is 6.92 Å². The summed E-state index contributed by atoms with van der Waals surface area (Å²) in [6.45, 7) is 2.25. The minimum absolute atomic E-state index is 0.188. The molecule has 1 fully saturated rings. The smallest absolute Gasteiger partial charge is 0.323 e. The summed E-state index contributed by atoms with van der Waals surface area (Å²) in [6, 6.07) is 0. The second kappa shape index (κ2) is 5.89. The molecule has 3 atom stereocenters. The molecule has 1 aliphatic rings. The van der Waals surface area contributed by atoms with Gasteiger partial charge in [0.2, 0.25) is 0 Å². The van der Waals surface area contributed by atoms with Crippen LogP contribution in [-0.2, 0) is 4.79 Å². The standard InChI is InChI=1S/C11H21NO3S/c1-8(4-6-13)16-9-3-2-5-11(12,7-9)10(14)15/h8-9,13H,2-7,12H2,1H3,(H,14,15). The van der Waals surface area contributed by atoms with Crippen molar-refractivity contribution < 1.29 is 15.0 Å². The molecule has 0 aromatic carbocycles. The van der Waals surface area contributed by atoms with Crippen LogP contribution in [0, 0.1) is 0 Å². The number of rotatable bonds is 5. The Balaban J connectivity index is 2.47. The maximum Gasteiger partial charge on any atom is 0.323 e. The summed E-state index contributed by atoms with van der Waals surface area (Å²) in [5.41, 5.74) is 4.85. The molecule has 3 unspecified atom stereocenters. The molecular weight excluding hydrogens is 226 g/mol. The first-order valence-electron chi connectivity index (χ1n) is 5.76. The van der Waals surface area contributed by atoms with Gasteiger partial charge in [-0.2, -0.15) is 11.8 Å². The summed E-state index contributed by atoms with van der Waals surface area (Å²) in [5, 5.41) is 18.6. The Morgan fingerprint density at radius 1 is 1.69 bits per heavy atom. The van der Waals surface area contributed by atoms with Gasteiger partial charge < -0.3 is 15.9 Å². The Kier molecular flexibility index (Phi) is 5.08. The summed E-state index contributed by atoms with van der Waals surface area (Å²) in [6.07, 6.45) is 3.79. The van der Waals surface area contributed by atoms with Crippen LogP contribution in [0.1, 0.15) is 39.0 Å². The Morgan fingerprint density at radius 2 is 2.38 bits per heavy atom. The van der Waals surface area contributed by atoms with E-state index in [9.17, 15) is 4.79 Å². The van der Waals surface area contributed by atoms with E-state index in [0.717, 1.165) is 19.3 Å². The minimum Gasteiger partial charge on any atom is -0.480 e. The summed E-state index contributed by atoms with van der Waals surface area (Å²) < 4.78 is 0. The van der Waals surface area contributed by atoms with Crippen molar-refractivity contribution in [3.05, 3.63) is 0 Å². The molecule has 0 aromatic heterocycles. The highest BCUT2D eigenvalue weighted by atomic mass is 32.2. The van der Waals surface area contributed by atoms with Gasteiger partial charge in [-0.05, 0) is 32.1 Å². The number of aliphatic hydroxyl groups is 1. The summed E-state index contributed by atoms with van der Waals surface area (Å²) in [4.78, 5) is 11.1. The highest BCUT2D eigenvalue weighted by Gasteiger charge is 2.39. The molecule has 4 N–H and O–H groups in total. The van der Waals surface area contributed by atoms with E-state index in [-0.39, 0.29) is 6.61 Å². The number of aliphatic carboxylic acids is 1. The minimum atomic E-state index is -1.03. The van der Waals surface area contributed by atoms with Gasteiger partial charge in [-0.15, -0.1) is 0 Å². The fraction of sp³-hybridized carbons (Fsp3) is 0.909. The number of carboxylic acid groups (broad SMARTS) is 1. The number of aliphatic hydroxyl groups excluding tert-OH is 1. The maximum absolute atomic E-state index is 11.1. The molecule has 0 aromatic rings. The molecule has 94 valence electrons. The van der Waals surface area contributed by atoms with Gasteiger partial charge in [-0.3, -0.25) is 4.79 Å². The van der Waals surface area contributed by atoms with Crippen molar-refractivity contribution in [1.29, 1.82) is 0 Å². The topological polar surface area (TPSA) is 83.5 Å². The van der Waals surface area contributed by atoms with E-state index in [1.54, 1.807) is 11.8 Å². The van der Waals surface area contributed by atoms with Crippen LogP contribution in [0.3, 0.4) is 0 Å². The van der Waals surface area contributed by atoms with Crippen molar-refractivity contribution in [3.8, 4) is 0 Å². The van der Waals surface area contributed by atoms with Gasteiger partial charge in [0.1, 0.15) is 5.54 Å². The van der Waals surface area contributed by atoms with Crippen LogP contribution in [0.5, 0.6) is 0 Å². The molecule has 5 heteroatoms. The first-order chi connectivity index (χ1) is 7.48. The lowest BCUT2D eigenvalue weighted by atomic mass is 9.82. The largest absolute Gasteiger partial charge is 0.480 e. The number of nitrogens with two attached hydrogens (primary N) is 1. The molecule has 16 heavy (non-hydrogen) atoms. The molecule has 0 aliphatic heterocycles. The zero-order valence-electron chi connectivity index (χ0n) is 9.69. The molecule has 0 bridgehead atoms. The van der Waals surface area contributed by atoms with Gasteiger partial charge in [0.15, 0.2) is 0 Å². The third kappa shape index (κ3) is 3.64. The van der Waals surface area contributed by atoms with Gasteiger partial charge in [0.05, 0.1) is 0 Å². The fourth-order valence-corrected chi connectivity index (χ4v) is 3.74. The molecule has 0 amide bonds. The van der Waals surface area contributed by atoms with Crippen molar-refractivity contribution in [2.75, 3.05) is 6.61 Å². The lowest BCUT2D eigenvalue weighted by molar-refractivity contribution is -0.144. The van der Waals surface area contributed by atoms with Crippen LogP contribution in [0.15, 0.2) is 0 Å². The number of carbonyl (C=O) groups is 1. The molecule has 1 saturated carbocycles. The zero-order valence-corrected chi connectivity index (χ0v) is 10.5. The number of thioether (sulfide) groups is 1. The maximum atomic E-state index is 11.1. The molecule has 0 spiro atoms. The molecular formula is C11H21NO3S. The molecule has 1 rings (SSSR count). The Bertz CT molecular complexity index is 249. The van der Waals surface area contributed by atoms with E-state index in [4.69, 9.17) is 15.9 Å². The van der Waals surface area contributed by atoms with E-state index in [2.05, 4.69) is 6.92 Å². The first-order valence-corrected chi connectivity index (χ1v) is 6.71. The SMILES string of the molecule is CC(CCO)SC1CCCC(N)(C(=O)O)C1. The van der Waals surface area contributed by atoms with Crippen molar-refractivity contribution in [2.45, 2.75) is 55.1 Å². The van der Waals surface area contributed by atoms with Crippen LogP contribution in [0.4, 0.5) is 0 Å². The van der Waals surface area contributed by atoms with E-state index >= 15 is 0 Å².